The summed E-state index contributed by atoms with van der Waals surface area (Å²) in [5, 5.41) is 6.66. The zero-order chi connectivity index (χ0) is 56.7. The molecule has 3 saturated heterocycles. The molecule has 0 aliphatic carbocycles. The van der Waals surface area contributed by atoms with E-state index in [1.54, 1.807) is 22.7 Å². The van der Waals surface area contributed by atoms with E-state index in [1.165, 1.54) is 67.8 Å². The highest BCUT2D eigenvalue weighted by atomic mass is 79.9. The molecule has 3 fully saturated rings. The van der Waals surface area contributed by atoms with Gasteiger partial charge < -0.3 is 37.7 Å². The van der Waals surface area contributed by atoms with Gasteiger partial charge in [0, 0.05) is 87.7 Å². The molecular formula is C56H68B3BrN2O6S9. The molecule has 0 atom stereocenters. The first-order chi connectivity index (χ1) is 35.9. The number of halogens is 1. The molecule has 21 heteroatoms. The third kappa shape index (κ3) is 12.3. The van der Waals surface area contributed by atoms with Gasteiger partial charge in [0.2, 0.25) is 0 Å². The number of hydrogen-bond donors (Lipinski definition) is 0. The Labute approximate surface area is 504 Å². The van der Waals surface area contributed by atoms with Crippen LogP contribution in [0.1, 0.15) is 133 Å². The zero-order valence-corrected chi connectivity index (χ0v) is 55.6. The Morgan fingerprint density at radius 1 is 0.403 bits per heavy atom. The van der Waals surface area contributed by atoms with Crippen molar-refractivity contribution in [1.29, 1.82) is 0 Å². The second-order valence-electron chi connectivity index (χ2n) is 23.3. The average molecular weight is 1270 g/mol. The summed E-state index contributed by atoms with van der Waals surface area (Å²) in [6.45, 7) is 33.9. The fourth-order valence-corrected chi connectivity index (χ4v) is 12.4. The first kappa shape index (κ1) is 62.5. The van der Waals surface area contributed by atoms with Gasteiger partial charge >= 0.3 is 21.1 Å². The van der Waals surface area contributed by atoms with Gasteiger partial charge in [0.25, 0.3) is 0 Å². The molecular weight excluding hydrogens is 1200 g/mol. The molecule has 408 valence electrons. The molecule has 4 aromatic carbocycles. The second-order valence-corrected chi connectivity index (χ2v) is 31.2. The maximum Gasteiger partial charge on any atom is 0.497 e. The van der Waals surface area contributed by atoms with Crippen molar-refractivity contribution in [2.45, 2.75) is 155 Å². The van der Waals surface area contributed by atoms with Gasteiger partial charge in [-0.25, -0.2) is 0 Å². The Morgan fingerprint density at radius 2 is 0.675 bits per heavy atom. The fraction of sp³-hybridized carbons (Fsp3) is 0.429. The second kappa shape index (κ2) is 24.0. The number of hydrogen-bond acceptors (Lipinski definition) is 14. The van der Waals surface area contributed by atoms with E-state index in [0.29, 0.717) is 0 Å². The molecule has 0 radical (unpaired) electrons. The molecule has 0 bridgehead atoms. The Hall–Kier alpha value is -2.15. The number of nitrogens with zero attached hydrogens (tertiary/aromatic N) is 2. The van der Waals surface area contributed by atoms with Crippen LogP contribution in [0.2, 0.25) is 0 Å². The molecule has 6 aromatic rings. The summed E-state index contributed by atoms with van der Waals surface area (Å²) in [6, 6.07) is 39.2. The summed E-state index contributed by atoms with van der Waals surface area (Å²) in [5.41, 5.74) is 9.25. The maximum absolute atomic E-state index is 6.41. The third-order valence-electron chi connectivity index (χ3n) is 16.3. The lowest BCUT2D eigenvalue weighted by Crippen LogP contribution is -2.41. The summed E-state index contributed by atoms with van der Waals surface area (Å²) >= 11 is 24.1. The van der Waals surface area contributed by atoms with Crippen molar-refractivity contribution in [2.75, 3.05) is 9.80 Å². The number of rotatable bonds is 4. The normalized spacial score (nSPS) is 20.4. The average Bonchev–Trinajstić information content (AvgIpc) is 4.21. The fourth-order valence-electron chi connectivity index (χ4n) is 9.86. The van der Waals surface area contributed by atoms with Crippen LogP contribution in [0.25, 0.3) is 0 Å². The Bertz CT molecular complexity index is 3030. The molecule has 0 unspecified atom stereocenters. The Balaban J connectivity index is 0.000000163. The van der Waals surface area contributed by atoms with E-state index in [-0.39, 0.29) is 51.6 Å². The summed E-state index contributed by atoms with van der Waals surface area (Å²) < 4.78 is 37.8. The van der Waals surface area contributed by atoms with Crippen LogP contribution < -0.4 is 15.3 Å². The molecule has 11 rings (SSSR count). The van der Waals surface area contributed by atoms with E-state index in [4.69, 9.17) is 27.9 Å². The van der Waals surface area contributed by atoms with E-state index in [1.807, 2.05) is 55.4 Å². The SMILES string of the molecule is CC1(C)OB(B2OC(C)(C)C(C)(C)O2)OC1(C)C.CC1(C)c2ccccc2N(c2sccc2B2OC(C)(C)C(C)(C)O2)c2ccccc21.CC1(C)c2ccccc2N(c2sccc2Br)c2ccccc21.S=S=S.S=S=S=S. The highest BCUT2D eigenvalue weighted by Crippen LogP contribution is 2.55. The summed E-state index contributed by atoms with van der Waals surface area (Å²) in [4.78, 5) is 4.77. The van der Waals surface area contributed by atoms with Crippen molar-refractivity contribution >= 4 is 169 Å². The van der Waals surface area contributed by atoms with Crippen LogP contribution in [0.15, 0.2) is 124 Å². The topological polar surface area (TPSA) is 61.9 Å². The molecule has 5 aliphatic rings. The molecule has 0 amide bonds. The van der Waals surface area contributed by atoms with Crippen LogP contribution in [0.4, 0.5) is 32.8 Å². The van der Waals surface area contributed by atoms with Crippen molar-refractivity contribution in [2.24, 2.45) is 0 Å². The van der Waals surface area contributed by atoms with Crippen LogP contribution in [0.5, 0.6) is 0 Å². The zero-order valence-electron chi connectivity index (χ0n) is 46.7. The summed E-state index contributed by atoms with van der Waals surface area (Å²) in [5.74, 6) is 0. The van der Waals surface area contributed by atoms with Crippen LogP contribution in [0.3, 0.4) is 0 Å². The number of thiophene rings is 2. The highest BCUT2D eigenvalue weighted by Gasteiger charge is 2.64. The molecule has 0 saturated carbocycles. The third-order valence-corrected chi connectivity index (χ3v) is 21.2. The van der Waals surface area contributed by atoms with E-state index in [9.17, 15) is 0 Å². The van der Waals surface area contributed by atoms with Gasteiger partial charge in [-0.05, 0) is 168 Å². The molecule has 7 heterocycles. The minimum absolute atomic E-state index is 0.00736. The van der Waals surface area contributed by atoms with Crippen molar-refractivity contribution in [3.05, 3.63) is 147 Å². The van der Waals surface area contributed by atoms with Gasteiger partial charge in [0.05, 0.1) is 65.8 Å². The van der Waals surface area contributed by atoms with Crippen molar-refractivity contribution in [3.63, 3.8) is 0 Å². The standard InChI is InChI=1S/C25H28BNO2S.C19H16BrNS.C12H24B2O4.S4.S3/c1-23(2)17-11-7-9-13-20(17)27(21-14-10-8-12-18(21)23)22-19(15-16-30-22)26-28-24(3,4)25(5,6)29-26;1-19(2)13-7-3-5-9-16(13)21(18-15(20)11-12-22-18)17-10-6-4-8-14(17)19;1-9(2)10(3,4)16-13(15-9)14-17-11(5,6)12(7,8)18-14;1-3-4-2;1-3-2/h7-16H,1-6H3;3-12H,1-2H3;1-8H3;;. The lowest BCUT2D eigenvalue weighted by Gasteiger charge is -2.41. The number of benzene rings is 4. The van der Waals surface area contributed by atoms with Crippen molar-refractivity contribution in [1.82, 2.24) is 0 Å². The van der Waals surface area contributed by atoms with Crippen LogP contribution in [0, 0.1) is 0 Å². The predicted molar refractivity (Wildman–Crippen MR) is 349 cm³/mol. The van der Waals surface area contributed by atoms with Crippen LogP contribution >= 0.6 is 38.6 Å². The van der Waals surface area contributed by atoms with Gasteiger partial charge in [-0.2, -0.15) is 0 Å². The first-order valence-electron chi connectivity index (χ1n) is 25.3. The largest absolute Gasteiger partial charge is 0.497 e. The highest BCUT2D eigenvalue weighted by molar-refractivity contribution is 9.10. The summed E-state index contributed by atoms with van der Waals surface area (Å²) in [7, 11) is 1.92. The van der Waals surface area contributed by atoms with E-state index < -0.39 is 14.0 Å². The van der Waals surface area contributed by atoms with Crippen LogP contribution in [-0.2, 0) is 110 Å². The first-order valence-corrected chi connectivity index (χ1v) is 34.5. The van der Waals surface area contributed by atoms with E-state index in [0.717, 1.165) is 23.8 Å². The lowest BCUT2D eigenvalue weighted by molar-refractivity contribution is 0.00578. The summed E-state index contributed by atoms with van der Waals surface area (Å²) in [6.07, 6.45) is 0. The van der Waals surface area contributed by atoms with Crippen LogP contribution in [-0.4, -0.2) is 54.7 Å². The van der Waals surface area contributed by atoms with Crippen molar-refractivity contribution in [3.8, 4) is 0 Å². The van der Waals surface area contributed by atoms with Crippen molar-refractivity contribution < 1.29 is 27.9 Å². The van der Waals surface area contributed by atoms with E-state index >= 15 is 0 Å². The molecule has 0 spiro atoms. The van der Waals surface area contributed by atoms with Gasteiger partial charge in [0.1, 0.15) is 5.00 Å². The molecule has 77 heavy (non-hydrogen) atoms. The van der Waals surface area contributed by atoms with Gasteiger partial charge in [0.15, 0.2) is 0 Å². The predicted octanol–water partition coefficient (Wildman–Crippen LogP) is 15.0. The number of fused-ring (bicyclic) bond motifs is 4. The molecule has 5 aliphatic heterocycles. The van der Waals surface area contributed by atoms with E-state index in [2.05, 4.69) is 246 Å². The lowest BCUT2D eigenvalue weighted by atomic mass is 9.49. The Kier molecular flexibility index (Phi) is 19.5. The maximum atomic E-state index is 6.41. The quantitative estimate of drug-likeness (QED) is 0.158. The molecule has 0 N–H and O–H groups in total. The molecule has 8 nitrogen and oxygen atoms in total. The minimum atomic E-state index is -0.476. The molecule has 2 aromatic heterocycles. The Morgan fingerprint density at radius 3 is 0.974 bits per heavy atom. The number of anilines is 6. The van der Waals surface area contributed by atoms with Gasteiger partial charge in [-0.3, -0.25) is 0 Å². The number of para-hydroxylation sites is 4. The van der Waals surface area contributed by atoms with Gasteiger partial charge in [-0.15, -0.1) is 22.7 Å². The van der Waals surface area contributed by atoms with Gasteiger partial charge in [-0.1, -0.05) is 100 Å². The minimum Gasteiger partial charge on any atom is -0.405 e. The smallest absolute Gasteiger partial charge is 0.405 e. The monoisotopic (exact) mass is 1260 g/mol.